The monoisotopic (exact) mass is 337 g/mol. The van der Waals surface area contributed by atoms with E-state index in [0.29, 0.717) is 12.3 Å². The molecular weight excluding hydrogens is 318 g/mol. The summed E-state index contributed by atoms with van der Waals surface area (Å²) >= 11 is 1.45. The zero-order valence-electron chi connectivity index (χ0n) is 13.5. The smallest absolute Gasteiger partial charge is 0.230 e. The first-order valence-corrected chi connectivity index (χ1v) is 8.86. The Labute approximate surface area is 145 Å². The number of rotatable bonds is 6. The van der Waals surface area contributed by atoms with Crippen LogP contribution < -0.4 is 5.32 Å². The van der Waals surface area contributed by atoms with Crippen LogP contribution in [0.25, 0.3) is 16.9 Å². The largest absolute Gasteiger partial charge is 0.356 e. The second kappa shape index (κ2) is 7.84. The van der Waals surface area contributed by atoms with Gasteiger partial charge in [-0.1, -0.05) is 60.3 Å². The zero-order valence-corrected chi connectivity index (χ0v) is 14.3. The summed E-state index contributed by atoms with van der Waals surface area (Å²) in [4.78, 5) is 16.5. The van der Waals surface area contributed by atoms with Gasteiger partial charge in [-0.15, -0.1) is 0 Å². The molecular formula is C19H19N3OS. The molecule has 0 unspecified atom stereocenters. The molecule has 0 saturated heterocycles. The van der Waals surface area contributed by atoms with Gasteiger partial charge in [0.05, 0.1) is 11.4 Å². The van der Waals surface area contributed by atoms with Crippen molar-refractivity contribution < 1.29 is 4.79 Å². The van der Waals surface area contributed by atoms with E-state index in [0.717, 1.165) is 22.1 Å². The minimum absolute atomic E-state index is 0.0198. The van der Waals surface area contributed by atoms with Crippen LogP contribution in [-0.2, 0) is 4.79 Å². The Morgan fingerprint density at radius 3 is 2.42 bits per heavy atom. The quantitative estimate of drug-likeness (QED) is 0.697. The summed E-state index contributed by atoms with van der Waals surface area (Å²) in [5.41, 5.74) is 3.00. The van der Waals surface area contributed by atoms with Crippen LogP contribution in [-0.4, -0.2) is 27.8 Å². The number of thioether (sulfide) groups is 1. The number of benzene rings is 2. The zero-order chi connectivity index (χ0) is 16.8. The van der Waals surface area contributed by atoms with Gasteiger partial charge in [-0.2, -0.15) is 0 Å². The van der Waals surface area contributed by atoms with Crippen molar-refractivity contribution in [3.8, 4) is 16.9 Å². The van der Waals surface area contributed by atoms with Crippen molar-refractivity contribution >= 4 is 17.7 Å². The Bertz CT molecular complexity index is 800. The SMILES string of the molecule is CCNC(=O)CSc1nc(-c2ccccc2)cn1-c1ccccc1. The van der Waals surface area contributed by atoms with Gasteiger partial charge in [0.25, 0.3) is 0 Å². The fourth-order valence-corrected chi connectivity index (χ4v) is 3.19. The molecule has 122 valence electrons. The third-order valence-electron chi connectivity index (χ3n) is 3.48. The summed E-state index contributed by atoms with van der Waals surface area (Å²) in [7, 11) is 0. The van der Waals surface area contributed by atoms with Crippen molar-refractivity contribution in [3.05, 3.63) is 66.9 Å². The molecule has 3 aromatic rings. The highest BCUT2D eigenvalue weighted by Crippen LogP contribution is 2.27. The maximum absolute atomic E-state index is 11.8. The first kappa shape index (κ1) is 16.3. The molecule has 1 aromatic heterocycles. The maximum atomic E-state index is 11.8. The third-order valence-corrected chi connectivity index (χ3v) is 4.44. The van der Waals surface area contributed by atoms with Crippen LogP contribution in [0.2, 0.25) is 0 Å². The summed E-state index contributed by atoms with van der Waals surface area (Å²) in [6.07, 6.45) is 2.02. The molecule has 0 bridgehead atoms. The van der Waals surface area contributed by atoms with Crippen LogP contribution in [0, 0.1) is 0 Å². The number of carbonyl (C=O) groups excluding carboxylic acids is 1. The predicted octanol–water partition coefficient (Wildman–Crippen LogP) is 3.77. The molecule has 24 heavy (non-hydrogen) atoms. The van der Waals surface area contributed by atoms with E-state index in [1.54, 1.807) is 0 Å². The van der Waals surface area contributed by atoms with Crippen molar-refractivity contribution in [1.82, 2.24) is 14.9 Å². The van der Waals surface area contributed by atoms with Crippen molar-refractivity contribution in [2.75, 3.05) is 12.3 Å². The van der Waals surface area contributed by atoms with Crippen molar-refractivity contribution in [2.45, 2.75) is 12.1 Å². The molecule has 2 aromatic carbocycles. The first-order valence-electron chi connectivity index (χ1n) is 7.87. The van der Waals surface area contributed by atoms with Gasteiger partial charge in [-0.05, 0) is 19.1 Å². The second-order valence-corrected chi connectivity index (χ2v) is 6.16. The topological polar surface area (TPSA) is 46.9 Å². The number of amides is 1. The van der Waals surface area contributed by atoms with Gasteiger partial charge < -0.3 is 5.32 Å². The molecule has 5 heteroatoms. The van der Waals surface area contributed by atoms with Gasteiger partial charge in [0.1, 0.15) is 0 Å². The van der Waals surface area contributed by atoms with Crippen molar-refractivity contribution in [2.24, 2.45) is 0 Å². The molecule has 0 fully saturated rings. The number of hydrogen-bond donors (Lipinski definition) is 1. The Morgan fingerprint density at radius 2 is 1.75 bits per heavy atom. The standard InChI is InChI=1S/C19H19N3OS/c1-2-20-18(23)14-24-19-21-17(15-9-5-3-6-10-15)13-22(19)16-11-7-4-8-12-16/h3-13H,2,14H2,1H3,(H,20,23). The molecule has 0 aliphatic heterocycles. The van der Waals surface area contributed by atoms with Gasteiger partial charge in [0.15, 0.2) is 5.16 Å². The normalized spacial score (nSPS) is 10.5. The highest BCUT2D eigenvalue weighted by molar-refractivity contribution is 7.99. The summed E-state index contributed by atoms with van der Waals surface area (Å²) < 4.78 is 2.03. The van der Waals surface area contributed by atoms with Crippen LogP contribution in [0.4, 0.5) is 0 Å². The molecule has 0 saturated carbocycles. The van der Waals surface area contributed by atoms with Crippen molar-refractivity contribution in [3.63, 3.8) is 0 Å². The van der Waals surface area contributed by atoms with E-state index in [-0.39, 0.29) is 5.91 Å². The van der Waals surface area contributed by atoms with Crippen LogP contribution in [0.5, 0.6) is 0 Å². The van der Waals surface area contributed by atoms with E-state index >= 15 is 0 Å². The molecule has 0 aliphatic carbocycles. The molecule has 1 N–H and O–H groups in total. The molecule has 0 spiro atoms. The second-order valence-electron chi connectivity index (χ2n) is 5.22. The number of hydrogen-bond acceptors (Lipinski definition) is 3. The number of aromatic nitrogens is 2. The van der Waals surface area contributed by atoms with Gasteiger partial charge in [-0.3, -0.25) is 9.36 Å². The fourth-order valence-electron chi connectivity index (χ4n) is 2.36. The van der Waals surface area contributed by atoms with Crippen LogP contribution in [0.1, 0.15) is 6.92 Å². The minimum atomic E-state index is 0.0198. The minimum Gasteiger partial charge on any atom is -0.356 e. The molecule has 1 amide bonds. The summed E-state index contributed by atoms with van der Waals surface area (Å²) in [6.45, 7) is 2.56. The molecule has 4 nitrogen and oxygen atoms in total. The van der Waals surface area contributed by atoms with Gasteiger partial charge in [-0.25, -0.2) is 4.98 Å². The number of para-hydroxylation sites is 1. The maximum Gasteiger partial charge on any atom is 0.230 e. The third kappa shape index (κ3) is 3.86. The highest BCUT2D eigenvalue weighted by Gasteiger charge is 2.13. The Balaban J connectivity index is 1.93. The summed E-state index contributed by atoms with van der Waals surface area (Å²) in [5.74, 6) is 0.373. The van der Waals surface area contributed by atoms with E-state index in [1.165, 1.54) is 11.8 Å². The highest BCUT2D eigenvalue weighted by atomic mass is 32.2. The Hall–Kier alpha value is -2.53. The van der Waals surface area contributed by atoms with Crippen LogP contribution in [0.3, 0.4) is 0 Å². The average molecular weight is 337 g/mol. The predicted molar refractivity (Wildman–Crippen MR) is 98.4 cm³/mol. The van der Waals surface area contributed by atoms with Gasteiger partial charge in [0, 0.05) is 24.0 Å². The average Bonchev–Trinajstić information content (AvgIpc) is 3.06. The van der Waals surface area contributed by atoms with Gasteiger partial charge in [0.2, 0.25) is 5.91 Å². The van der Waals surface area contributed by atoms with E-state index in [9.17, 15) is 4.79 Å². The summed E-state index contributed by atoms with van der Waals surface area (Å²) in [6, 6.07) is 20.1. The Morgan fingerprint density at radius 1 is 1.08 bits per heavy atom. The van der Waals surface area contributed by atoms with Gasteiger partial charge >= 0.3 is 0 Å². The lowest BCUT2D eigenvalue weighted by atomic mass is 10.2. The summed E-state index contributed by atoms with van der Waals surface area (Å²) in [5, 5.41) is 3.63. The van der Waals surface area contributed by atoms with Crippen LogP contribution in [0.15, 0.2) is 72.0 Å². The number of carbonyl (C=O) groups is 1. The lowest BCUT2D eigenvalue weighted by molar-refractivity contribution is -0.118. The van der Waals surface area contributed by atoms with Crippen molar-refractivity contribution in [1.29, 1.82) is 0 Å². The molecule has 1 heterocycles. The number of nitrogens with one attached hydrogen (secondary N) is 1. The van der Waals surface area contributed by atoms with E-state index in [1.807, 2.05) is 78.4 Å². The molecule has 0 radical (unpaired) electrons. The fraction of sp³-hybridized carbons (Fsp3) is 0.158. The number of imidazole rings is 1. The number of nitrogens with zero attached hydrogens (tertiary/aromatic N) is 2. The molecule has 0 aliphatic rings. The van der Waals surface area contributed by atoms with Crippen LogP contribution >= 0.6 is 11.8 Å². The first-order chi connectivity index (χ1) is 11.8. The van der Waals surface area contributed by atoms with E-state index in [2.05, 4.69) is 5.32 Å². The Kier molecular flexibility index (Phi) is 5.33. The van der Waals surface area contributed by atoms with E-state index < -0.39 is 0 Å². The lowest BCUT2D eigenvalue weighted by Crippen LogP contribution is -2.24. The molecule has 0 atom stereocenters. The van der Waals surface area contributed by atoms with E-state index in [4.69, 9.17) is 4.98 Å². The lowest BCUT2D eigenvalue weighted by Gasteiger charge is -2.07. The molecule has 3 rings (SSSR count).